The number of hydrogen-bond acceptors (Lipinski definition) is 3. The summed E-state index contributed by atoms with van der Waals surface area (Å²) in [5.41, 5.74) is 5.24. The summed E-state index contributed by atoms with van der Waals surface area (Å²) in [4.78, 5) is 17.0. The van der Waals surface area contributed by atoms with Crippen LogP contribution in [0.15, 0.2) is 12.4 Å². The summed E-state index contributed by atoms with van der Waals surface area (Å²) in [5, 5.41) is 0. The van der Waals surface area contributed by atoms with Gasteiger partial charge in [0.05, 0.1) is 6.54 Å². The number of alkyl halides is 2. The summed E-state index contributed by atoms with van der Waals surface area (Å²) < 4.78 is 26.1. The maximum atomic E-state index is 12.6. The molecule has 5 nitrogen and oxygen atoms in total. The van der Waals surface area contributed by atoms with Crippen LogP contribution in [0.25, 0.3) is 0 Å². The molecule has 1 aliphatic heterocycles. The van der Waals surface area contributed by atoms with E-state index in [0.717, 1.165) is 4.57 Å². The maximum Gasteiger partial charge on any atom is 0.319 e. The highest BCUT2D eigenvalue weighted by molar-refractivity contribution is 5.76. The van der Waals surface area contributed by atoms with Crippen molar-refractivity contribution in [3.8, 4) is 0 Å². The molecule has 1 aliphatic rings. The van der Waals surface area contributed by atoms with Crippen LogP contribution in [0.3, 0.4) is 0 Å². The second kappa shape index (κ2) is 5.43. The zero-order valence-electron chi connectivity index (χ0n) is 9.93. The molecule has 2 heterocycles. The lowest BCUT2D eigenvalue weighted by molar-refractivity contribution is -0.123. The highest BCUT2D eigenvalue weighted by Gasteiger charge is 2.24. The predicted octanol–water partition coefficient (Wildman–Crippen LogP) is 0.975. The fourth-order valence-corrected chi connectivity index (χ4v) is 2.22. The first kappa shape index (κ1) is 12.9. The van der Waals surface area contributed by atoms with Crippen molar-refractivity contribution in [2.45, 2.75) is 25.9 Å². The minimum Gasteiger partial charge on any atom is -0.369 e. The number of primary amides is 1. The molecule has 0 unspecified atom stereocenters. The zero-order chi connectivity index (χ0) is 13.1. The van der Waals surface area contributed by atoms with Gasteiger partial charge in [0.2, 0.25) is 5.91 Å². The van der Waals surface area contributed by atoms with E-state index in [1.165, 1.54) is 12.4 Å². The number of carbonyl (C=O) groups is 1. The van der Waals surface area contributed by atoms with Crippen molar-refractivity contribution in [3.63, 3.8) is 0 Å². The van der Waals surface area contributed by atoms with Crippen LogP contribution >= 0.6 is 0 Å². The molecular weight excluding hydrogens is 242 g/mol. The third-order valence-corrected chi connectivity index (χ3v) is 3.31. The lowest BCUT2D eigenvalue weighted by Gasteiger charge is -2.30. The van der Waals surface area contributed by atoms with Crippen LogP contribution in [0.5, 0.6) is 0 Å². The summed E-state index contributed by atoms with van der Waals surface area (Å²) in [7, 11) is 0. The van der Waals surface area contributed by atoms with E-state index < -0.39 is 6.55 Å². The van der Waals surface area contributed by atoms with Gasteiger partial charge in [0.15, 0.2) is 0 Å². The van der Waals surface area contributed by atoms with E-state index in [1.54, 1.807) is 0 Å². The lowest BCUT2D eigenvalue weighted by Crippen LogP contribution is -2.38. The third-order valence-electron chi connectivity index (χ3n) is 3.31. The Labute approximate surface area is 104 Å². The number of hydrogen-bond donors (Lipinski definition) is 1. The average Bonchev–Trinajstić information content (AvgIpc) is 2.78. The van der Waals surface area contributed by atoms with E-state index in [-0.39, 0.29) is 11.8 Å². The van der Waals surface area contributed by atoms with Gasteiger partial charge >= 0.3 is 6.55 Å². The van der Waals surface area contributed by atoms with Crippen LogP contribution in [-0.2, 0) is 11.3 Å². The predicted molar refractivity (Wildman–Crippen MR) is 60.7 cm³/mol. The third kappa shape index (κ3) is 2.84. The number of nitrogens with zero attached hydrogens (tertiary/aromatic N) is 3. The molecule has 1 aromatic rings. The van der Waals surface area contributed by atoms with Crippen LogP contribution in [0.2, 0.25) is 0 Å². The lowest BCUT2D eigenvalue weighted by atomic mass is 9.96. The first-order chi connectivity index (χ1) is 8.58. The van der Waals surface area contributed by atoms with Gasteiger partial charge in [-0.15, -0.1) is 0 Å². The summed E-state index contributed by atoms with van der Waals surface area (Å²) >= 11 is 0. The van der Waals surface area contributed by atoms with Gasteiger partial charge in [-0.05, 0) is 25.9 Å². The first-order valence-corrected chi connectivity index (χ1v) is 5.89. The summed E-state index contributed by atoms with van der Waals surface area (Å²) in [6.07, 6.45) is 4.02. The number of carbonyl (C=O) groups excluding carboxylic acids is 1. The molecular formula is C11H16F2N4O. The molecule has 18 heavy (non-hydrogen) atoms. The number of amides is 1. The van der Waals surface area contributed by atoms with Crippen molar-refractivity contribution in [1.29, 1.82) is 0 Å². The molecule has 2 N–H and O–H groups in total. The molecule has 0 aliphatic carbocycles. The number of aromatic nitrogens is 2. The molecule has 1 saturated heterocycles. The van der Waals surface area contributed by atoms with Gasteiger partial charge in [0, 0.05) is 18.3 Å². The number of rotatable bonds is 4. The summed E-state index contributed by atoms with van der Waals surface area (Å²) in [5.74, 6) is -0.0117. The molecule has 1 fully saturated rings. The van der Waals surface area contributed by atoms with Crippen LogP contribution < -0.4 is 5.73 Å². The minimum atomic E-state index is -2.56. The number of piperidine rings is 1. The Morgan fingerprint density at radius 3 is 2.72 bits per heavy atom. The van der Waals surface area contributed by atoms with E-state index in [0.29, 0.717) is 38.3 Å². The van der Waals surface area contributed by atoms with E-state index >= 15 is 0 Å². The normalized spacial score (nSPS) is 18.4. The zero-order valence-corrected chi connectivity index (χ0v) is 9.93. The quantitative estimate of drug-likeness (QED) is 0.875. The van der Waals surface area contributed by atoms with Crippen LogP contribution in [0.1, 0.15) is 25.2 Å². The van der Waals surface area contributed by atoms with E-state index in [2.05, 4.69) is 4.98 Å². The van der Waals surface area contributed by atoms with Gasteiger partial charge in [-0.2, -0.15) is 8.78 Å². The Kier molecular flexibility index (Phi) is 3.90. The number of halogens is 2. The molecule has 0 radical (unpaired) electrons. The van der Waals surface area contributed by atoms with Gasteiger partial charge < -0.3 is 5.73 Å². The van der Waals surface area contributed by atoms with Gasteiger partial charge in [-0.1, -0.05) is 0 Å². The van der Waals surface area contributed by atoms with E-state index in [4.69, 9.17) is 5.73 Å². The Morgan fingerprint density at radius 2 is 2.17 bits per heavy atom. The monoisotopic (exact) mass is 258 g/mol. The molecule has 100 valence electrons. The van der Waals surface area contributed by atoms with Crippen molar-refractivity contribution >= 4 is 5.91 Å². The molecule has 0 spiro atoms. The highest BCUT2D eigenvalue weighted by atomic mass is 19.3. The average molecular weight is 258 g/mol. The van der Waals surface area contributed by atoms with Gasteiger partial charge in [0.25, 0.3) is 0 Å². The van der Waals surface area contributed by atoms with Gasteiger partial charge in [-0.25, -0.2) is 4.98 Å². The molecule has 0 bridgehead atoms. The van der Waals surface area contributed by atoms with Crippen LogP contribution in [-0.4, -0.2) is 33.4 Å². The van der Waals surface area contributed by atoms with Crippen molar-refractivity contribution in [3.05, 3.63) is 18.2 Å². The second-order valence-electron chi connectivity index (χ2n) is 4.48. The van der Waals surface area contributed by atoms with Crippen LogP contribution in [0, 0.1) is 5.92 Å². The van der Waals surface area contributed by atoms with Crippen molar-refractivity contribution in [2.75, 3.05) is 13.1 Å². The molecule has 1 amide bonds. The first-order valence-electron chi connectivity index (χ1n) is 5.89. The molecule has 2 rings (SSSR count). The van der Waals surface area contributed by atoms with Crippen LogP contribution in [0.4, 0.5) is 8.78 Å². The van der Waals surface area contributed by atoms with Crippen molar-refractivity contribution in [2.24, 2.45) is 11.7 Å². The second-order valence-corrected chi connectivity index (χ2v) is 4.48. The SMILES string of the molecule is NC(=O)C1CCN(Cc2nccn2C(F)F)CC1. The Morgan fingerprint density at radius 1 is 1.50 bits per heavy atom. The fourth-order valence-electron chi connectivity index (χ4n) is 2.22. The molecule has 1 aromatic heterocycles. The van der Waals surface area contributed by atoms with E-state index in [1.807, 2.05) is 4.90 Å². The number of likely N-dealkylation sites (tertiary alicyclic amines) is 1. The molecule has 0 aromatic carbocycles. The maximum absolute atomic E-state index is 12.6. The molecule has 0 atom stereocenters. The number of imidazole rings is 1. The summed E-state index contributed by atoms with van der Waals surface area (Å²) in [6, 6.07) is 0. The Balaban J connectivity index is 1.91. The molecule has 7 heteroatoms. The fraction of sp³-hybridized carbons (Fsp3) is 0.636. The summed E-state index contributed by atoms with van der Waals surface area (Å²) in [6.45, 7) is -0.818. The Bertz CT molecular complexity index is 413. The van der Waals surface area contributed by atoms with Crippen molar-refractivity contribution in [1.82, 2.24) is 14.5 Å². The Hall–Kier alpha value is -1.50. The van der Waals surface area contributed by atoms with Crippen molar-refractivity contribution < 1.29 is 13.6 Å². The smallest absolute Gasteiger partial charge is 0.319 e. The number of nitrogens with two attached hydrogens (primary N) is 1. The highest BCUT2D eigenvalue weighted by Crippen LogP contribution is 2.19. The minimum absolute atomic E-state index is 0.0870. The largest absolute Gasteiger partial charge is 0.369 e. The van der Waals surface area contributed by atoms with E-state index in [9.17, 15) is 13.6 Å². The topological polar surface area (TPSA) is 64.2 Å². The van der Waals surface area contributed by atoms with Gasteiger partial charge in [0.1, 0.15) is 5.82 Å². The standard InChI is InChI=1S/C11H16F2N4O/c12-11(13)17-6-3-15-9(17)7-16-4-1-8(2-5-16)10(14)18/h3,6,8,11H,1-2,4-5,7H2,(H2,14,18). The van der Waals surface area contributed by atoms with Gasteiger partial charge in [-0.3, -0.25) is 14.3 Å². The molecule has 0 saturated carbocycles.